The van der Waals surface area contributed by atoms with Crippen LogP contribution in [0.25, 0.3) is 16.5 Å². The summed E-state index contributed by atoms with van der Waals surface area (Å²) in [7, 11) is 0. The smallest absolute Gasteiger partial charge is 0.134 e. The molecular weight excluding hydrogens is 371 g/mol. The zero-order valence-electron chi connectivity index (χ0n) is 18.3. The van der Waals surface area contributed by atoms with Gasteiger partial charge in [-0.1, -0.05) is 70.2 Å². The first kappa shape index (κ1) is 20.3. The van der Waals surface area contributed by atoms with Crippen LogP contribution in [0.15, 0.2) is 61.2 Å². The largest absolute Gasteiger partial charge is 0.339 e. The number of benzene rings is 2. The maximum absolute atomic E-state index is 15.1. The molecule has 0 saturated carbocycles. The molecule has 0 saturated heterocycles. The Kier molecular flexibility index (Phi) is 5.23. The van der Waals surface area contributed by atoms with E-state index in [9.17, 15) is 0 Å². The Morgan fingerprint density at radius 3 is 2.73 bits per heavy atom. The lowest BCUT2D eigenvalue weighted by atomic mass is 9.87. The van der Waals surface area contributed by atoms with E-state index in [0.29, 0.717) is 10.9 Å². The van der Waals surface area contributed by atoms with Crippen molar-refractivity contribution >= 4 is 27.9 Å². The molecule has 2 heterocycles. The molecule has 0 N–H and O–H groups in total. The summed E-state index contributed by atoms with van der Waals surface area (Å²) in [6, 6.07) is 13.6. The van der Waals surface area contributed by atoms with Gasteiger partial charge in [0.05, 0.1) is 22.3 Å². The van der Waals surface area contributed by atoms with Crippen LogP contribution >= 0.6 is 0 Å². The topological polar surface area (TPSA) is 16.1 Å². The first-order valence-corrected chi connectivity index (χ1v) is 10.7. The van der Waals surface area contributed by atoms with E-state index >= 15 is 4.39 Å². The maximum atomic E-state index is 15.1. The van der Waals surface area contributed by atoms with Crippen LogP contribution in [0.2, 0.25) is 0 Å². The number of fused-ring (bicyclic) bond motifs is 2. The summed E-state index contributed by atoms with van der Waals surface area (Å²) in [6.07, 6.45) is 6.26. The van der Waals surface area contributed by atoms with Gasteiger partial charge in [0.1, 0.15) is 5.82 Å². The lowest BCUT2D eigenvalue weighted by molar-refractivity contribution is 0.569. The summed E-state index contributed by atoms with van der Waals surface area (Å²) in [4.78, 5) is 7.09. The van der Waals surface area contributed by atoms with Gasteiger partial charge >= 0.3 is 0 Å². The zero-order chi connectivity index (χ0) is 21.5. The fraction of sp³-hybridized carbons (Fsp3) is 0.296. The predicted molar refractivity (Wildman–Crippen MR) is 126 cm³/mol. The van der Waals surface area contributed by atoms with Crippen molar-refractivity contribution in [1.29, 1.82) is 0 Å². The summed E-state index contributed by atoms with van der Waals surface area (Å²) in [5, 5.41) is 0.580. The van der Waals surface area contributed by atoms with Crippen molar-refractivity contribution in [1.82, 2.24) is 4.98 Å². The molecule has 0 fully saturated rings. The summed E-state index contributed by atoms with van der Waals surface area (Å²) >= 11 is 0. The van der Waals surface area contributed by atoms with Crippen LogP contribution in [-0.2, 0) is 5.41 Å². The van der Waals surface area contributed by atoms with E-state index in [1.165, 1.54) is 11.6 Å². The fourth-order valence-electron chi connectivity index (χ4n) is 4.51. The Hall–Kier alpha value is -2.94. The molecule has 2 aromatic carbocycles. The van der Waals surface area contributed by atoms with Gasteiger partial charge in [-0.05, 0) is 48.2 Å². The molecule has 0 radical (unpaired) electrons. The highest BCUT2D eigenvalue weighted by Crippen LogP contribution is 2.48. The minimum atomic E-state index is -0.237. The second kappa shape index (κ2) is 7.71. The van der Waals surface area contributed by atoms with Crippen LogP contribution in [0.4, 0.5) is 15.8 Å². The van der Waals surface area contributed by atoms with Crippen LogP contribution < -0.4 is 4.90 Å². The number of rotatable bonds is 5. The van der Waals surface area contributed by atoms with Gasteiger partial charge in [-0.3, -0.25) is 0 Å². The Morgan fingerprint density at radius 2 is 1.97 bits per heavy atom. The number of hydrogen-bond acceptors (Lipinski definition) is 2. The number of allylic oxidation sites excluding steroid dienone is 3. The molecule has 1 aromatic heterocycles. The van der Waals surface area contributed by atoms with Crippen molar-refractivity contribution in [2.75, 3.05) is 11.4 Å². The Labute approximate surface area is 178 Å². The van der Waals surface area contributed by atoms with Gasteiger partial charge in [-0.15, -0.1) is 0 Å². The summed E-state index contributed by atoms with van der Waals surface area (Å²) in [5.74, 6) is -0.237. The van der Waals surface area contributed by atoms with Crippen LogP contribution in [0.5, 0.6) is 0 Å². The predicted octanol–water partition coefficient (Wildman–Crippen LogP) is 7.48. The average molecular weight is 401 g/mol. The highest BCUT2D eigenvalue weighted by molar-refractivity contribution is 5.99. The number of pyridine rings is 1. The van der Waals surface area contributed by atoms with Gasteiger partial charge in [-0.2, -0.15) is 0 Å². The average Bonchev–Trinajstić information content (AvgIpc) is 2.99. The number of hydrogen-bond donors (Lipinski definition) is 0. The second-order valence-corrected chi connectivity index (χ2v) is 8.77. The fourth-order valence-corrected chi connectivity index (χ4v) is 4.51. The molecule has 30 heavy (non-hydrogen) atoms. The lowest BCUT2D eigenvalue weighted by Gasteiger charge is -2.27. The Bertz CT molecular complexity index is 1160. The number of nitrogens with zero attached hydrogens (tertiary/aromatic N) is 2. The zero-order valence-corrected chi connectivity index (χ0v) is 18.3. The van der Waals surface area contributed by atoms with Crippen molar-refractivity contribution < 1.29 is 4.39 Å². The van der Waals surface area contributed by atoms with E-state index in [2.05, 4.69) is 62.6 Å². The number of anilines is 2. The van der Waals surface area contributed by atoms with Gasteiger partial charge in [0.15, 0.2) is 0 Å². The molecule has 4 rings (SSSR count). The lowest BCUT2D eigenvalue weighted by Crippen LogP contribution is -2.26. The summed E-state index contributed by atoms with van der Waals surface area (Å²) < 4.78 is 15.1. The highest BCUT2D eigenvalue weighted by atomic mass is 19.1. The van der Waals surface area contributed by atoms with Gasteiger partial charge < -0.3 is 4.90 Å². The van der Waals surface area contributed by atoms with E-state index in [4.69, 9.17) is 4.98 Å². The van der Waals surface area contributed by atoms with Crippen LogP contribution in [-0.4, -0.2) is 11.5 Å². The molecule has 0 bridgehead atoms. The van der Waals surface area contributed by atoms with Crippen LogP contribution in [0.3, 0.4) is 0 Å². The van der Waals surface area contributed by atoms with E-state index in [-0.39, 0.29) is 11.2 Å². The first-order chi connectivity index (χ1) is 14.3. The molecule has 3 heteroatoms. The Morgan fingerprint density at radius 1 is 1.20 bits per heavy atom. The van der Waals surface area contributed by atoms with Crippen molar-refractivity contribution in [2.24, 2.45) is 0 Å². The van der Waals surface area contributed by atoms with Gasteiger partial charge in [0.2, 0.25) is 0 Å². The van der Waals surface area contributed by atoms with Crippen LogP contribution in [0.1, 0.15) is 50.4 Å². The molecule has 154 valence electrons. The van der Waals surface area contributed by atoms with E-state index < -0.39 is 0 Å². The van der Waals surface area contributed by atoms with E-state index in [0.717, 1.165) is 47.6 Å². The number of para-hydroxylation sites is 1. The van der Waals surface area contributed by atoms with Gasteiger partial charge in [0, 0.05) is 17.6 Å². The van der Waals surface area contributed by atoms with E-state index in [1.807, 2.05) is 19.1 Å². The van der Waals surface area contributed by atoms with Gasteiger partial charge in [-0.25, -0.2) is 9.37 Å². The van der Waals surface area contributed by atoms with Crippen LogP contribution in [0, 0.1) is 12.7 Å². The third kappa shape index (κ3) is 3.32. The van der Waals surface area contributed by atoms with Crippen molar-refractivity contribution in [2.45, 2.75) is 46.0 Å². The minimum absolute atomic E-state index is 0.0257. The van der Waals surface area contributed by atoms with Gasteiger partial charge in [0.25, 0.3) is 0 Å². The highest BCUT2D eigenvalue weighted by Gasteiger charge is 2.37. The monoisotopic (exact) mass is 400 g/mol. The minimum Gasteiger partial charge on any atom is -0.339 e. The Balaban J connectivity index is 1.98. The maximum Gasteiger partial charge on any atom is 0.134 e. The molecule has 0 atom stereocenters. The summed E-state index contributed by atoms with van der Waals surface area (Å²) in [5.41, 5.74) is 6.62. The number of unbranched alkanes of at least 4 members (excludes halogenated alkanes) is 1. The molecule has 1 aliphatic heterocycles. The van der Waals surface area contributed by atoms with Crippen molar-refractivity contribution in [3.63, 3.8) is 0 Å². The standard InChI is InChI=1S/C27H29FN2/c1-6-7-8-12-18(2)25-19(3)26(24-21(28)14-11-15-22(24)29-25)30-17-27(4,5)20-13-9-10-16-23(20)30/h8-16H,2,6-7,17H2,1,3-5H3. The van der Waals surface area contributed by atoms with Crippen molar-refractivity contribution in [3.05, 3.63) is 83.8 Å². The van der Waals surface area contributed by atoms with E-state index in [1.54, 1.807) is 6.07 Å². The molecule has 0 aliphatic carbocycles. The quantitative estimate of drug-likeness (QED) is 0.413. The molecule has 1 aliphatic rings. The molecule has 0 amide bonds. The number of halogens is 1. The molecular formula is C27H29FN2. The SMILES string of the molecule is C=C(C=CCCC)c1nc2cccc(F)c2c(N2CC(C)(C)c3ccccc32)c1C. The third-order valence-corrected chi connectivity index (χ3v) is 6.00. The van der Waals surface area contributed by atoms with Crippen molar-refractivity contribution in [3.8, 4) is 0 Å². The molecule has 2 nitrogen and oxygen atoms in total. The summed E-state index contributed by atoms with van der Waals surface area (Å²) in [6.45, 7) is 13.7. The number of aromatic nitrogens is 1. The normalized spacial score (nSPS) is 15.2. The first-order valence-electron chi connectivity index (χ1n) is 10.7. The second-order valence-electron chi connectivity index (χ2n) is 8.77. The third-order valence-electron chi connectivity index (χ3n) is 6.00. The molecule has 0 spiro atoms. The molecule has 0 unspecified atom stereocenters. The molecule has 3 aromatic rings.